The summed E-state index contributed by atoms with van der Waals surface area (Å²) in [5, 5.41) is 0. The summed E-state index contributed by atoms with van der Waals surface area (Å²) in [6.07, 6.45) is 6.97. The third kappa shape index (κ3) is 1.31. The molecular weight excluding hydrogens is 120 g/mol. The molecule has 0 spiro atoms. The molecule has 1 aliphatic rings. The van der Waals surface area contributed by atoms with Gasteiger partial charge in [0.2, 0.25) is 0 Å². The van der Waals surface area contributed by atoms with Gasteiger partial charge in [-0.25, -0.2) is 0 Å². The lowest BCUT2D eigenvalue weighted by molar-refractivity contribution is 0.774. The third-order valence-electron chi connectivity index (χ3n) is 2.12. The Morgan fingerprint density at radius 1 is 1.50 bits per heavy atom. The molecule has 0 heteroatoms. The largest absolute Gasteiger partial charge is 0.0802 e. The highest BCUT2D eigenvalue weighted by Gasteiger charge is 2.09. The first-order chi connectivity index (χ1) is 4.75. The maximum absolute atomic E-state index is 2.28. The fraction of sp³-hybridized carbons (Fsp3) is 0.600. The number of rotatable bonds is 2. The van der Waals surface area contributed by atoms with Crippen LogP contribution in [0.1, 0.15) is 33.6 Å². The fourth-order valence-corrected chi connectivity index (χ4v) is 1.51. The Bertz CT molecular complexity index is 170. The predicted octanol–water partition coefficient (Wildman–Crippen LogP) is 3.31. The highest BCUT2D eigenvalue weighted by molar-refractivity contribution is 5.34. The zero-order chi connectivity index (χ0) is 7.56. The van der Waals surface area contributed by atoms with Gasteiger partial charge in [0.25, 0.3) is 0 Å². The van der Waals surface area contributed by atoms with E-state index in [0.717, 1.165) is 0 Å². The predicted molar refractivity (Wildman–Crippen MR) is 45.9 cm³/mol. The Balaban J connectivity index is 2.76. The van der Waals surface area contributed by atoms with E-state index in [1.165, 1.54) is 12.8 Å². The summed E-state index contributed by atoms with van der Waals surface area (Å²) in [6.45, 7) is 6.77. The maximum Gasteiger partial charge on any atom is -0.0130 e. The minimum atomic E-state index is 0.716. The van der Waals surface area contributed by atoms with Crippen molar-refractivity contribution in [2.24, 2.45) is 5.92 Å². The molecule has 0 aliphatic heterocycles. The standard InChI is InChI=1S/C10H16/c1-4-9-6-5-7-10(9)8(2)3/h5,7-8H,4,6H2,1-3H3. The van der Waals surface area contributed by atoms with Gasteiger partial charge in [0.05, 0.1) is 0 Å². The Morgan fingerprint density at radius 2 is 2.20 bits per heavy atom. The van der Waals surface area contributed by atoms with E-state index < -0.39 is 0 Å². The zero-order valence-corrected chi connectivity index (χ0v) is 7.15. The van der Waals surface area contributed by atoms with Gasteiger partial charge < -0.3 is 0 Å². The second-order valence-corrected chi connectivity index (χ2v) is 3.17. The molecule has 0 saturated carbocycles. The Morgan fingerprint density at radius 3 is 2.60 bits per heavy atom. The van der Waals surface area contributed by atoms with E-state index in [4.69, 9.17) is 0 Å². The van der Waals surface area contributed by atoms with Crippen LogP contribution in [0.15, 0.2) is 23.3 Å². The molecule has 0 nitrogen and oxygen atoms in total. The van der Waals surface area contributed by atoms with Gasteiger partial charge in [-0.1, -0.05) is 38.5 Å². The van der Waals surface area contributed by atoms with Crippen molar-refractivity contribution in [3.05, 3.63) is 23.3 Å². The van der Waals surface area contributed by atoms with Crippen molar-refractivity contribution in [1.29, 1.82) is 0 Å². The van der Waals surface area contributed by atoms with E-state index >= 15 is 0 Å². The highest BCUT2D eigenvalue weighted by Crippen LogP contribution is 2.26. The molecule has 0 heterocycles. The van der Waals surface area contributed by atoms with Gasteiger partial charge in [-0.15, -0.1) is 0 Å². The summed E-state index contributed by atoms with van der Waals surface area (Å²) in [5.74, 6) is 0.716. The van der Waals surface area contributed by atoms with E-state index in [-0.39, 0.29) is 0 Å². The highest BCUT2D eigenvalue weighted by atomic mass is 14.1. The Labute approximate surface area is 63.6 Å². The summed E-state index contributed by atoms with van der Waals surface area (Å²) in [4.78, 5) is 0. The van der Waals surface area contributed by atoms with Crippen molar-refractivity contribution in [3.8, 4) is 0 Å². The minimum absolute atomic E-state index is 0.716. The van der Waals surface area contributed by atoms with Crippen molar-refractivity contribution in [3.63, 3.8) is 0 Å². The molecule has 0 amide bonds. The monoisotopic (exact) mass is 136 g/mol. The average molecular weight is 136 g/mol. The maximum atomic E-state index is 2.28. The van der Waals surface area contributed by atoms with Gasteiger partial charge in [0.15, 0.2) is 0 Å². The van der Waals surface area contributed by atoms with Gasteiger partial charge in [-0.3, -0.25) is 0 Å². The average Bonchev–Trinajstić information content (AvgIpc) is 2.33. The van der Waals surface area contributed by atoms with Crippen LogP contribution in [0.2, 0.25) is 0 Å². The molecule has 0 aromatic carbocycles. The van der Waals surface area contributed by atoms with E-state index in [1.54, 1.807) is 11.1 Å². The van der Waals surface area contributed by atoms with Crippen LogP contribution in [0.5, 0.6) is 0 Å². The molecule has 1 rings (SSSR count). The van der Waals surface area contributed by atoms with Crippen molar-refractivity contribution in [2.45, 2.75) is 33.6 Å². The lowest BCUT2D eigenvalue weighted by Gasteiger charge is -2.07. The van der Waals surface area contributed by atoms with Gasteiger partial charge >= 0.3 is 0 Å². The fourth-order valence-electron chi connectivity index (χ4n) is 1.51. The molecule has 0 radical (unpaired) electrons. The van der Waals surface area contributed by atoms with Crippen LogP contribution in [0.4, 0.5) is 0 Å². The molecule has 0 atom stereocenters. The molecule has 10 heavy (non-hydrogen) atoms. The van der Waals surface area contributed by atoms with Gasteiger partial charge in [0, 0.05) is 0 Å². The smallest absolute Gasteiger partial charge is 0.0130 e. The molecule has 1 aliphatic carbocycles. The summed E-state index contributed by atoms with van der Waals surface area (Å²) < 4.78 is 0. The van der Waals surface area contributed by atoms with Crippen LogP contribution in [-0.4, -0.2) is 0 Å². The van der Waals surface area contributed by atoms with Crippen LogP contribution in [0, 0.1) is 5.92 Å². The molecule has 0 unspecified atom stereocenters. The van der Waals surface area contributed by atoms with Crippen LogP contribution in [0.3, 0.4) is 0 Å². The van der Waals surface area contributed by atoms with Crippen LogP contribution >= 0.6 is 0 Å². The first kappa shape index (κ1) is 7.59. The summed E-state index contributed by atoms with van der Waals surface area (Å²) in [5.41, 5.74) is 3.21. The second kappa shape index (κ2) is 3.05. The van der Waals surface area contributed by atoms with Crippen molar-refractivity contribution >= 4 is 0 Å². The van der Waals surface area contributed by atoms with E-state index in [9.17, 15) is 0 Å². The molecule has 0 aromatic heterocycles. The lowest BCUT2D eigenvalue weighted by atomic mass is 9.99. The van der Waals surface area contributed by atoms with E-state index in [2.05, 4.69) is 32.9 Å². The molecule has 0 aromatic rings. The topological polar surface area (TPSA) is 0 Å². The number of hydrogen-bond donors (Lipinski definition) is 0. The van der Waals surface area contributed by atoms with Gasteiger partial charge in [0.1, 0.15) is 0 Å². The van der Waals surface area contributed by atoms with E-state index in [1.807, 2.05) is 0 Å². The van der Waals surface area contributed by atoms with Crippen LogP contribution in [-0.2, 0) is 0 Å². The summed E-state index contributed by atoms with van der Waals surface area (Å²) in [7, 11) is 0. The summed E-state index contributed by atoms with van der Waals surface area (Å²) >= 11 is 0. The molecule has 0 bridgehead atoms. The molecule has 0 saturated heterocycles. The van der Waals surface area contributed by atoms with Crippen molar-refractivity contribution in [1.82, 2.24) is 0 Å². The van der Waals surface area contributed by atoms with Gasteiger partial charge in [-0.2, -0.15) is 0 Å². The number of hydrogen-bond acceptors (Lipinski definition) is 0. The first-order valence-corrected chi connectivity index (χ1v) is 4.14. The third-order valence-corrected chi connectivity index (χ3v) is 2.12. The van der Waals surface area contributed by atoms with Crippen LogP contribution < -0.4 is 0 Å². The second-order valence-electron chi connectivity index (χ2n) is 3.17. The van der Waals surface area contributed by atoms with Crippen molar-refractivity contribution < 1.29 is 0 Å². The molecular formula is C10H16. The first-order valence-electron chi connectivity index (χ1n) is 4.14. The van der Waals surface area contributed by atoms with E-state index in [0.29, 0.717) is 5.92 Å². The Kier molecular flexibility index (Phi) is 2.31. The molecule has 0 fully saturated rings. The summed E-state index contributed by atoms with van der Waals surface area (Å²) in [6, 6.07) is 0. The number of allylic oxidation sites excluding steroid dienone is 4. The van der Waals surface area contributed by atoms with Crippen LogP contribution in [0.25, 0.3) is 0 Å². The lowest BCUT2D eigenvalue weighted by Crippen LogP contribution is -1.91. The SMILES string of the molecule is CCC1=C(C(C)C)C=CC1. The zero-order valence-electron chi connectivity index (χ0n) is 7.15. The van der Waals surface area contributed by atoms with Crippen molar-refractivity contribution in [2.75, 3.05) is 0 Å². The molecule has 56 valence electrons. The quantitative estimate of drug-likeness (QED) is 0.546. The normalized spacial score (nSPS) is 17.6. The minimum Gasteiger partial charge on any atom is -0.0802 e. The molecule has 0 N–H and O–H groups in total. The Hall–Kier alpha value is -0.520. The van der Waals surface area contributed by atoms with Gasteiger partial charge in [-0.05, 0) is 24.3 Å².